The molecule has 0 atom stereocenters. The third kappa shape index (κ3) is 2.62. The van der Waals surface area contributed by atoms with Gasteiger partial charge in [0.1, 0.15) is 17.1 Å². The number of anilines is 1. The van der Waals surface area contributed by atoms with E-state index >= 15 is 0 Å². The van der Waals surface area contributed by atoms with Crippen LogP contribution < -0.4 is 14.4 Å². The molecule has 1 heterocycles. The molecule has 124 valence electrons. The van der Waals surface area contributed by atoms with E-state index in [9.17, 15) is 9.59 Å². The zero-order chi connectivity index (χ0) is 17.3. The van der Waals surface area contributed by atoms with Crippen molar-refractivity contribution in [1.82, 2.24) is 0 Å². The second kappa shape index (κ2) is 6.35. The molecule has 0 spiro atoms. The minimum Gasteiger partial charge on any atom is -0.496 e. The van der Waals surface area contributed by atoms with Crippen molar-refractivity contribution in [2.24, 2.45) is 0 Å². The maximum Gasteiger partial charge on any atom is 0.265 e. The van der Waals surface area contributed by atoms with Crippen LogP contribution in [0.5, 0.6) is 11.5 Å². The maximum atomic E-state index is 13.2. The molecule has 3 rings (SSSR count). The summed E-state index contributed by atoms with van der Waals surface area (Å²) in [5, 5.41) is 0. The first kappa shape index (κ1) is 16.1. The summed E-state index contributed by atoms with van der Waals surface area (Å²) < 4.78 is 10.7. The summed E-state index contributed by atoms with van der Waals surface area (Å²) in [5.41, 5.74) is 2.58. The van der Waals surface area contributed by atoms with Crippen LogP contribution in [0, 0.1) is 6.92 Å². The summed E-state index contributed by atoms with van der Waals surface area (Å²) in [4.78, 5) is 27.0. The van der Waals surface area contributed by atoms with Gasteiger partial charge in [-0.05, 0) is 31.2 Å². The molecule has 0 saturated heterocycles. The van der Waals surface area contributed by atoms with Crippen LogP contribution in [0.1, 0.15) is 32.7 Å². The molecule has 0 fully saturated rings. The van der Waals surface area contributed by atoms with Crippen molar-refractivity contribution >= 4 is 17.4 Å². The maximum absolute atomic E-state index is 13.2. The Morgan fingerprint density at radius 2 is 1.75 bits per heavy atom. The Hall–Kier alpha value is -2.82. The molecule has 0 bridgehead atoms. The molecule has 5 nitrogen and oxygen atoms in total. The van der Waals surface area contributed by atoms with E-state index in [4.69, 9.17) is 9.47 Å². The number of Topliss-reactive ketones (excluding diaryl/α,β-unsaturated/α-hetero) is 1. The third-order valence-corrected chi connectivity index (χ3v) is 4.19. The smallest absolute Gasteiger partial charge is 0.265 e. The standard InChI is InChI=1S/C19H19NO4/c1-12-7-8-14-13(11-12)15(21)9-10-20(14)19(22)18-16(23-2)5-4-6-17(18)24-3/h4-8,11H,9-10H2,1-3H3. The molecule has 24 heavy (non-hydrogen) atoms. The number of carbonyl (C=O) groups is 2. The molecule has 0 unspecified atom stereocenters. The molecule has 2 aromatic carbocycles. The Labute approximate surface area is 140 Å². The molecule has 1 aliphatic heterocycles. The number of benzene rings is 2. The number of fused-ring (bicyclic) bond motifs is 1. The van der Waals surface area contributed by atoms with Gasteiger partial charge in [0.15, 0.2) is 5.78 Å². The van der Waals surface area contributed by atoms with E-state index in [1.54, 1.807) is 23.1 Å². The van der Waals surface area contributed by atoms with Gasteiger partial charge in [-0.2, -0.15) is 0 Å². The fourth-order valence-electron chi connectivity index (χ4n) is 2.98. The number of ether oxygens (including phenoxy) is 2. The molecular formula is C19H19NO4. The normalized spacial score (nSPS) is 13.5. The van der Waals surface area contributed by atoms with Crippen LogP contribution in [-0.4, -0.2) is 32.5 Å². The highest BCUT2D eigenvalue weighted by Crippen LogP contribution is 2.34. The fraction of sp³-hybridized carbons (Fsp3) is 0.263. The number of methoxy groups -OCH3 is 2. The predicted molar refractivity (Wildman–Crippen MR) is 91.3 cm³/mol. The van der Waals surface area contributed by atoms with Gasteiger partial charge in [-0.15, -0.1) is 0 Å². The van der Waals surface area contributed by atoms with E-state index in [1.165, 1.54) is 14.2 Å². The van der Waals surface area contributed by atoms with Gasteiger partial charge >= 0.3 is 0 Å². The van der Waals surface area contributed by atoms with Crippen molar-refractivity contribution in [2.45, 2.75) is 13.3 Å². The second-order valence-corrected chi connectivity index (χ2v) is 5.69. The van der Waals surface area contributed by atoms with Crippen molar-refractivity contribution in [3.05, 3.63) is 53.1 Å². The lowest BCUT2D eigenvalue weighted by Gasteiger charge is -2.29. The van der Waals surface area contributed by atoms with Crippen molar-refractivity contribution in [2.75, 3.05) is 25.7 Å². The van der Waals surface area contributed by atoms with E-state index in [2.05, 4.69) is 0 Å². The average Bonchev–Trinajstić information content (AvgIpc) is 2.61. The van der Waals surface area contributed by atoms with Crippen molar-refractivity contribution < 1.29 is 19.1 Å². The quantitative estimate of drug-likeness (QED) is 0.869. The summed E-state index contributed by atoms with van der Waals surface area (Å²) in [6.07, 6.45) is 0.305. The molecule has 0 radical (unpaired) electrons. The van der Waals surface area contributed by atoms with Gasteiger partial charge in [0, 0.05) is 18.5 Å². The molecule has 1 aliphatic rings. The first-order chi connectivity index (χ1) is 11.6. The summed E-state index contributed by atoms with van der Waals surface area (Å²) in [6, 6.07) is 10.8. The first-order valence-corrected chi connectivity index (χ1v) is 7.73. The first-order valence-electron chi connectivity index (χ1n) is 7.73. The van der Waals surface area contributed by atoms with Crippen LogP contribution in [0.4, 0.5) is 5.69 Å². The SMILES string of the molecule is COc1cccc(OC)c1C(=O)N1CCC(=O)c2cc(C)ccc21. The zero-order valence-corrected chi connectivity index (χ0v) is 14.0. The number of ketones is 1. The number of hydrogen-bond donors (Lipinski definition) is 0. The highest BCUT2D eigenvalue weighted by molar-refractivity contribution is 6.15. The van der Waals surface area contributed by atoms with E-state index < -0.39 is 0 Å². The minimum absolute atomic E-state index is 0.0599. The molecule has 0 aliphatic carbocycles. The topological polar surface area (TPSA) is 55.8 Å². The Morgan fingerprint density at radius 3 is 2.38 bits per heavy atom. The van der Waals surface area contributed by atoms with E-state index in [1.807, 2.05) is 25.1 Å². The molecule has 0 N–H and O–H groups in total. The summed E-state index contributed by atoms with van der Waals surface area (Å²) in [5.74, 6) is 0.724. The molecule has 0 saturated carbocycles. The van der Waals surface area contributed by atoms with Crippen LogP contribution in [0.25, 0.3) is 0 Å². The van der Waals surface area contributed by atoms with Gasteiger partial charge < -0.3 is 14.4 Å². The molecule has 0 aromatic heterocycles. The highest BCUT2D eigenvalue weighted by Gasteiger charge is 2.31. The van der Waals surface area contributed by atoms with Gasteiger partial charge in [-0.25, -0.2) is 0 Å². The van der Waals surface area contributed by atoms with E-state index in [0.717, 1.165) is 5.56 Å². The van der Waals surface area contributed by atoms with Crippen LogP contribution >= 0.6 is 0 Å². The molecule has 2 aromatic rings. The summed E-state index contributed by atoms with van der Waals surface area (Å²) >= 11 is 0. The van der Waals surface area contributed by atoms with Gasteiger partial charge in [0.2, 0.25) is 0 Å². The number of aryl methyl sites for hydroxylation is 1. The number of hydrogen-bond acceptors (Lipinski definition) is 4. The lowest BCUT2D eigenvalue weighted by Crippen LogP contribution is -2.37. The Kier molecular flexibility index (Phi) is 4.25. The Balaban J connectivity index is 2.10. The van der Waals surface area contributed by atoms with Crippen molar-refractivity contribution in [3.63, 3.8) is 0 Å². The van der Waals surface area contributed by atoms with E-state index in [0.29, 0.717) is 41.3 Å². The Morgan fingerprint density at radius 1 is 1.08 bits per heavy atom. The van der Waals surface area contributed by atoms with Crippen LogP contribution in [0.3, 0.4) is 0 Å². The van der Waals surface area contributed by atoms with Gasteiger partial charge in [-0.3, -0.25) is 9.59 Å². The van der Waals surface area contributed by atoms with Crippen molar-refractivity contribution in [1.29, 1.82) is 0 Å². The van der Waals surface area contributed by atoms with Gasteiger partial charge in [0.05, 0.1) is 19.9 Å². The van der Waals surface area contributed by atoms with Gasteiger partial charge in [0.25, 0.3) is 5.91 Å². The fourth-order valence-corrected chi connectivity index (χ4v) is 2.98. The average molecular weight is 325 g/mol. The highest BCUT2D eigenvalue weighted by atomic mass is 16.5. The lowest BCUT2D eigenvalue weighted by molar-refractivity contribution is 0.0952. The summed E-state index contributed by atoms with van der Waals surface area (Å²) in [7, 11) is 3.03. The minimum atomic E-state index is -0.234. The second-order valence-electron chi connectivity index (χ2n) is 5.69. The third-order valence-electron chi connectivity index (χ3n) is 4.19. The summed E-state index contributed by atoms with van der Waals surface area (Å²) in [6.45, 7) is 2.27. The molecule has 1 amide bonds. The number of amides is 1. The molecule has 5 heteroatoms. The zero-order valence-electron chi connectivity index (χ0n) is 14.0. The lowest BCUT2D eigenvalue weighted by atomic mass is 9.97. The predicted octanol–water partition coefficient (Wildman–Crippen LogP) is 3.25. The van der Waals surface area contributed by atoms with Crippen LogP contribution in [0.15, 0.2) is 36.4 Å². The number of nitrogens with zero attached hydrogens (tertiary/aromatic N) is 1. The van der Waals surface area contributed by atoms with Crippen LogP contribution in [0.2, 0.25) is 0 Å². The van der Waals surface area contributed by atoms with Gasteiger partial charge in [-0.1, -0.05) is 17.7 Å². The largest absolute Gasteiger partial charge is 0.496 e. The number of rotatable bonds is 3. The monoisotopic (exact) mass is 325 g/mol. The van der Waals surface area contributed by atoms with E-state index in [-0.39, 0.29) is 11.7 Å². The molecular weight excluding hydrogens is 306 g/mol. The number of carbonyl (C=O) groups excluding carboxylic acids is 2. The van der Waals surface area contributed by atoms with Crippen LogP contribution in [-0.2, 0) is 0 Å². The van der Waals surface area contributed by atoms with Crippen molar-refractivity contribution in [3.8, 4) is 11.5 Å². The Bertz CT molecular complexity index is 791.